The average molecular weight is 472 g/mol. The SMILES string of the molecule is N#Cc1ccccc1C1CCN(c2cnnc(NNC(=O)CC(F)(F)F)c2C(F)(F)F)CC1. The van der Waals surface area contributed by atoms with Gasteiger partial charge in [0.05, 0.1) is 23.5 Å². The molecule has 1 amide bonds. The van der Waals surface area contributed by atoms with Gasteiger partial charge in [0.25, 0.3) is 0 Å². The fourth-order valence-electron chi connectivity index (χ4n) is 3.73. The third-order valence-electron chi connectivity index (χ3n) is 5.15. The highest BCUT2D eigenvalue weighted by molar-refractivity contribution is 5.78. The Kier molecular flexibility index (Phi) is 6.95. The number of anilines is 2. The molecule has 0 saturated carbocycles. The van der Waals surface area contributed by atoms with Gasteiger partial charge in [0.2, 0.25) is 5.91 Å². The molecule has 33 heavy (non-hydrogen) atoms. The lowest BCUT2D eigenvalue weighted by Crippen LogP contribution is -2.37. The number of hydrazine groups is 1. The van der Waals surface area contributed by atoms with Crippen LogP contribution in [0.2, 0.25) is 0 Å². The van der Waals surface area contributed by atoms with Crippen molar-refractivity contribution in [3.05, 3.63) is 47.2 Å². The molecule has 2 heterocycles. The van der Waals surface area contributed by atoms with Crippen molar-refractivity contribution < 1.29 is 31.1 Å². The number of carbonyl (C=O) groups excluding carboxylic acids is 1. The van der Waals surface area contributed by atoms with Gasteiger partial charge in [-0.1, -0.05) is 18.2 Å². The number of alkyl halides is 6. The highest BCUT2D eigenvalue weighted by Gasteiger charge is 2.40. The summed E-state index contributed by atoms with van der Waals surface area (Å²) < 4.78 is 78.4. The van der Waals surface area contributed by atoms with Gasteiger partial charge in [-0.3, -0.25) is 15.6 Å². The van der Waals surface area contributed by atoms with Crippen molar-refractivity contribution in [2.45, 2.75) is 37.5 Å². The number of aromatic nitrogens is 2. The van der Waals surface area contributed by atoms with E-state index in [1.54, 1.807) is 23.6 Å². The zero-order valence-corrected chi connectivity index (χ0v) is 17.0. The molecule has 13 heteroatoms. The van der Waals surface area contributed by atoms with Crippen molar-refractivity contribution >= 4 is 17.4 Å². The second kappa shape index (κ2) is 9.51. The monoisotopic (exact) mass is 472 g/mol. The van der Waals surface area contributed by atoms with E-state index >= 15 is 0 Å². The predicted molar refractivity (Wildman–Crippen MR) is 105 cm³/mol. The Morgan fingerprint density at radius 1 is 1.15 bits per heavy atom. The maximum Gasteiger partial charge on any atom is 0.422 e. The van der Waals surface area contributed by atoms with Crippen LogP contribution >= 0.6 is 0 Å². The van der Waals surface area contributed by atoms with Gasteiger partial charge in [0, 0.05) is 13.1 Å². The van der Waals surface area contributed by atoms with Crippen LogP contribution in [0.5, 0.6) is 0 Å². The first-order chi connectivity index (χ1) is 15.5. The highest BCUT2D eigenvalue weighted by Crippen LogP contribution is 2.42. The topological polar surface area (TPSA) is 93.9 Å². The molecule has 1 aliphatic rings. The van der Waals surface area contributed by atoms with Gasteiger partial charge in [0.15, 0.2) is 5.82 Å². The Morgan fingerprint density at radius 3 is 2.42 bits per heavy atom. The van der Waals surface area contributed by atoms with Gasteiger partial charge in [-0.05, 0) is 30.4 Å². The van der Waals surface area contributed by atoms with Gasteiger partial charge >= 0.3 is 12.4 Å². The fourth-order valence-corrected chi connectivity index (χ4v) is 3.73. The number of carbonyl (C=O) groups is 1. The number of rotatable bonds is 5. The van der Waals surface area contributed by atoms with Gasteiger partial charge < -0.3 is 4.90 Å². The maximum atomic E-state index is 13.8. The first-order valence-corrected chi connectivity index (χ1v) is 9.78. The summed E-state index contributed by atoms with van der Waals surface area (Å²) in [6, 6.07) is 9.14. The third kappa shape index (κ3) is 6.03. The molecule has 1 aromatic heterocycles. The van der Waals surface area contributed by atoms with E-state index in [4.69, 9.17) is 0 Å². The van der Waals surface area contributed by atoms with E-state index in [9.17, 15) is 36.4 Å². The van der Waals surface area contributed by atoms with Crippen LogP contribution in [0.25, 0.3) is 0 Å². The van der Waals surface area contributed by atoms with Crippen LogP contribution in [0.3, 0.4) is 0 Å². The second-order valence-corrected chi connectivity index (χ2v) is 7.38. The molecule has 1 saturated heterocycles. The van der Waals surface area contributed by atoms with Gasteiger partial charge in [-0.25, -0.2) is 0 Å². The lowest BCUT2D eigenvalue weighted by Gasteiger charge is -2.35. The van der Waals surface area contributed by atoms with Crippen molar-refractivity contribution in [3.8, 4) is 6.07 Å². The molecule has 7 nitrogen and oxygen atoms in total. The third-order valence-corrected chi connectivity index (χ3v) is 5.15. The molecule has 2 aromatic rings. The van der Waals surface area contributed by atoms with E-state index in [1.807, 2.05) is 11.5 Å². The van der Waals surface area contributed by atoms with Crippen molar-refractivity contribution in [2.24, 2.45) is 0 Å². The summed E-state index contributed by atoms with van der Waals surface area (Å²) in [6.45, 7) is 0.443. The van der Waals surface area contributed by atoms with E-state index in [1.165, 1.54) is 4.90 Å². The number of amides is 1. The molecule has 0 unspecified atom stereocenters. The maximum absolute atomic E-state index is 13.8. The van der Waals surface area contributed by atoms with Crippen molar-refractivity contribution in [2.75, 3.05) is 23.4 Å². The van der Waals surface area contributed by atoms with Crippen LogP contribution in [0.4, 0.5) is 37.8 Å². The van der Waals surface area contributed by atoms with Crippen molar-refractivity contribution in [1.29, 1.82) is 5.26 Å². The van der Waals surface area contributed by atoms with Gasteiger partial charge in [-0.15, -0.1) is 5.10 Å². The normalized spacial score (nSPS) is 15.1. The average Bonchev–Trinajstić information content (AvgIpc) is 2.75. The summed E-state index contributed by atoms with van der Waals surface area (Å²) >= 11 is 0. The van der Waals surface area contributed by atoms with E-state index in [0.29, 0.717) is 18.4 Å². The van der Waals surface area contributed by atoms with E-state index < -0.39 is 36.1 Å². The summed E-state index contributed by atoms with van der Waals surface area (Å²) in [7, 11) is 0. The Hall–Kier alpha value is -3.56. The number of hydrogen-bond acceptors (Lipinski definition) is 6. The predicted octanol–water partition coefficient (Wildman–Crippen LogP) is 4.15. The Labute approximate surface area is 184 Å². The fraction of sp³-hybridized carbons (Fsp3) is 0.400. The van der Waals surface area contributed by atoms with E-state index in [0.717, 1.165) is 11.8 Å². The minimum atomic E-state index is -4.92. The second-order valence-electron chi connectivity index (χ2n) is 7.38. The van der Waals surface area contributed by atoms with E-state index in [-0.39, 0.29) is 24.7 Å². The summed E-state index contributed by atoms with van der Waals surface area (Å²) in [5.41, 5.74) is 3.18. The van der Waals surface area contributed by atoms with E-state index in [2.05, 4.69) is 16.3 Å². The Morgan fingerprint density at radius 2 is 1.82 bits per heavy atom. The molecule has 0 atom stereocenters. The molecular formula is C20H18F6N6O. The summed E-state index contributed by atoms with van der Waals surface area (Å²) in [5, 5.41) is 16.1. The van der Waals surface area contributed by atoms with Gasteiger partial charge in [-0.2, -0.15) is 36.7 Å². The van der Waals surface area contributed by atoms with Crippen LogP contribution in [-0.2, 0) is 11.0 Å². The summed E-state index contributed by atoms with van der Waals surface area (Å²) in [4.78, 5) is 12.8. The molecule has 0 spiro atoms. The Balaban J connectivity index is 1.79. The molecule has 1 aromatic carbocycles. The number of hydrogen-bond donors (Lipinski definition) is 2. The standard InChI is InChI=1S/C20H18F6N6O/c21-19(22,23)9-16(33)29-31-18-17(20(24,25)26)15(11-28-30-18)32-7-5-12(6-8-32)14-4-2-1-3-13(14)10-27/h1-4,11-12H,5-9H2,(H,29,33)(H,30,31). The molecule has 2 N–H and O–H groups in total. The van der Waals surface area contributed by atoms with Crippen LogP contribution in [0.1, 0.15) is 41.9 Å². The molecule has 1 aliphatic heterocycles. The summed E-state index contributed by atoms with van der Waals surface area (Å²) in [5.74, 6) is -2.49. The number of nitrogens with one attached hydrogen (secondary N) is 2. The van der Waals surface area contributed by atoms with Crippen LogP contribution < -0.4 is 15.8 Å². The molecular weight excluding hydrogens is 454 g/mol. The number of piperidine rings is 1. The molecule has 1 fully saturated rings. The highest BCUT2D eigenvalue weighted by atomic mass is 19.4. The number of benzene rings is 1. The molecule has 176 valence electrons. The minimum Gasteiger partial charge on any atom is -0.370 e. The molecule has 0 radical (unpaired) electrons. The van der Waals surface area contributed by atoms with Crippen molar-refractivity contribution in [1.82, 2.24) is 15.6 Å². The lowest BCUT2D eigenvalue weighted by atomic mass is 9.86. The van der Waals surface area contributed by atoms with Crippen LogP contribution in [-0.4, -0.2) is 35.4 Å². The number of nitriles is 1. The summed E-state index contributed by atoms with van der Waals surface area (Å²) in [6.07, 6.45) is -9.73. The molecule has 0 bridgehead atoms. The lowest BCUT2D eigenvalue weighted by molar-refractivity contribution is -0.153. The minimum absolute atomic E-state index is 0.0134. The number of nitrogens with zero attached hydrogens (tertiary/aromatic N) is 4. The van der Waals surface area contributed by atoms with Gasteiger partial charge in [0.1, 0.15) is 12.0 Å². The number of halogens is 6. The first-order valence-electron chi connectivity index (χ1n) is 9.78. The van der Waals surface area contributed by atoms with Crippen molar-refractivity contribution in [3.63, 3.8) is 0 Å². The zero-order chi connectivity index (χ0) is 24.2. The quantitative estimate of drug-likeness (QED) is 0.502. The largest absolute Gasteiger partial charge is 0.422 e. The first kappa shape index (κ1) is 24.1. The zero-order valence-electron chi connectivity index (χ0n) is 17.0. The molecule has 0 aliphatic carbocycles. The van der Waals surface area contributed by atoms with Crippen LogP contribution in [0.15, 0.2) is 30.5 Å². The van der Waals surface area contributed by atoms with Crippen LogP contribution in [0, 0.1) is 11.3 Å². The smallest absolute Gasteiger partial charge is 0.370 e. The molecule has 3 rings (SSSR count). The Bertz CT molecular complexity index is 1040.